The number of nitrogens with two attached hydrogens (primary N) is 1. The molecule has 0 radical (unpaired) electrons. The average molecular weight is 291 g/mol. The summed E-state index contributed by atoms with van der Waals surface area (Å²) in [5.41, 5.74) is 1.69. The molecule has 0 unspecified atom stereocenters. The molecule has 2 aromatic rings. The fourth-order valence-electron chi connectivity index (χ4n) is 1.62. The van der Waals surface area contributed by atoms with E-state index >= 15 is 0 Å². The fraction of sp³-hybridized carbons (Fsp3) is 0.167. The normalized spacial score (nSPS) is 10.0. The number of hydrogen-bond donors (Lipinski definition) is 2. The van der Waals surface area contributed by atoms with Gasteiger partial charge in [0.1, 0.15) is 6.33 Å². The summed E-state index contributed by atoms with van der Waals surface area (Å²) >= 11 is 0. The van der Waals surface area contributed by atoms with Crippen LogP contribution in [0.4, 0.5) is 11.5 Å². The van der Waals surface area contributed by atoms with E-state index in [0.717, 1.165) is 6.33 Å². The molecule has 3 N–H and O–H groups in total. The van der Waals surface area contributed by atoms with Gasteiger partial charge in [-0.25, -0.2) is 10.8 Å². The van der Waals surface area contributed by atoms with Gasteiger partial charge in [0.15, 0.2) is 11.5 Å². The number of nitrogen functional groups attached to an aromatic ring is 1. The van der Waals surface area contributed by atoms with E-state index in [1.807, 2.05) is 6.92 Å². The van der Waals surface area contributed by atoms with Crippen LogP contribution in [0.2, 0.25) is 0 Å². The lowest BCUT2D eigenvalue weighted by atomic mass is 10.3. The lowest BCUT2D eigenvalue weighted by Crippen LogP contribution is -2.12. The number of nitrogens with one attached hydrogen (secondary N) is 1. The number of rotatable bonds is 6. The summed E-state index contributed by atoms with van der Waals surface area (Å²) in [4.78, 5) is 17.9. The van der Waals surface area contributed by atoms with Crippen LogP contribution < -0.4 is 20.7 Å². The van der Waals surface area contributed by atoms with Crippen molar-refractivity contribution in [3.63, 3.8) is 0 Å². The molecule has 110 valence electrons. The quantitative estimate of drug-likeness (QED) is 0.469. The van der Waals surface area contributed by atoms with Gasteiger partial charge in [-0.05, 0) is 19.1 Å². The van der Waals surface area contributed by atoms with Gasteiger partial charge in [-0.3, -0.25) is 10.1 Å². The van der Waals surface area contributed by atoms with Crippen LogP contribution in [0.3, 0.4) is 0 Å². The summed E-state index contributed by atoms with van der Waals surface area (Å²) in [5, 5.41) is 11.1. The van der Waals surface area contributed by atoms with E-state index < -0.39 is 10.6 Å². The molecular formula is C12H13N5O4. The molecule has 0 fully saturated rings. The molecular weight excluding hydrogens is 278 g/mol. The number of anilines is 1. The van der Waals surface area contributed by atoms with Crippen molar-refractivity contribution in [3.8, 4) is 17.4 Å². The third kappa shape index (κ3) is 3.15. The van der Waals surface area contributed by atoms with Gasteiger partial charge in [0.05, 0.1) is 11.5 Å². The first kappa shape index (κ1) is 14.5. The molecule has 1 aromatic carbocycles. The first-order valence-corrected chi connectivity index (χ1v) is 6.03. The molecule has 2 rings (SSSR count). The minimum Gasteiger partial charge on any atom is -0.490 e. The zero-order valence-electron chi connectivity index (χ0n) is 11.1. The zero-order valence-corrected chi connectivity index (χ0v) is 11.1. The number of aromatic nitrogens is 2. The Hall–Kier alpha value is -2.94. The second kappa shape index (κ2) is 6.48. The number of nitrogens with zero attached hydrogens (tertiary/aromatic N) is 3. The van der Waals surface area contributed by atoms with Crippen LogP contribution in [-0.4, -0.2) is 21.5 Å². The highest BCUT2D eigenvalue weighted by Gasteiger charge is 2.25. The van der Waals surface area contributed by atoms with Gasteiger partial charge in [-0.1, -0.05) is 12.1 Å². The predicted octanol–water partition coefficient (Wildman–Crippen LogP) is 1.86. The van der Waals surface area contributed by atoms with Crippen molar-refractivity contribution >= 4 is 11.5 Å². The van der Waals surface area contributed by atoms with Gasteiger partial charge in [0, 0.05) is 0 Å². The van der Waals surface area contributed by atoms with Crippen molar-refractivity contribution in [1.29, 1.82) is 0 Å². The molecule has 0 aliphatic heterocycles. The summed E-state index contributed by atoms with van der Waals surface area (Å²) in [5.74, 6) is 5.60. The Morgan fingerprint density at radius 2 is 2.05 bits per heavy atom. The van der Waals surface area contributed by atoms with Crippen LogP contribution in [0.1, 0.15) is 6.92 Å². The zero-order chi connectivity index (χ0) is 15.2. The summed E-state index contributed by atoms with van der Waals surface area (Å²) in [6.07, 6.45) is 1.11. The van der Waals surface area contributed by atoms with Crippen molar-refractivity contribution in [2.75, 3.05) is 12.0 Å². The molecule has 21 heavy (non-hydrogen) atoms. The van der Waals surface area contributed by atoms with Crippen LogP contribution in [-0.2, 0) is 0 Å². The molecule has 9 heteroatoms. The second-order valence-corrected chi connectivity index (χ2v) is 3.76. The van der Waals surface area contributed by atoms with Crippen molar-refractivity contribution in [2.45, 2.75) is 6.92 Å². The van der Waals surface area contributed by atoms with Crippen LogP contribution in [0.5, 0.6) is 17.4 Å². The standard InChI is InChI=1S/C12H13N5O4/c1-2-20-8-5-3-4-6-9(8)21-12-10(17(18)19)11(16-13)14-7-15-12/h3-7H,2,13H2,1H3,(H,14,15,16). The first-order chi connectivity index (χ1) is 10.2. The minimum atomic E-state index is -0.673. The van der Waals surface area contributed by atoms with Crippen molar-refractivity contribution in [1.82, 2.24) is 9.97 Å². The predicted molar refractivity (Wildman–Crippen MR) is 74.2 cm³/mol. The Labute approximate surface area is 119 Å². The number of ether oxygens (including phenoxy) is 2. The summed E-state index contributed by atoms with van der Waals surface area (Å²) in [6, 6.07) is 6.78. The maximum atomic E-state index is 11.1. The molecule has 0 atom stereocenters. The van der Waals surface area contributed by atoms with E-state index in [0.29, 0.717) is 18.1 Å². The smallest absolute Gasteiger partial charge is 0.374 e. The number of benzene rings is 1. The third-order valence-electron chi connectivity index (χ3n) is 2.46. The highest BCUT2D eigenvalue weighted by atomic mass is 16.6. The van der Waals surface area contributed by atoms with Crippen LogP contribution in [0.15, 0.2) is 30.6 Å². The number of hydrazine groups is 1. The Kier molecular flexibility index (Phi) is 4.46. The lowest BCUT2D eigenvalue weighted by Gasteiger charge is -2.11. The SMILES string of the molecule is CCOc1ccccc1Oc1ncnc(NN)c1[N+](=O)[O-]. The van der Waals surface area contributed by atoms with Crippen LogP contribution >= 0.6 is 0 Å². The second-order valence-electron chi connectivity index (χ2n) is 3.76. The highest BCUT2D eigenvalue weighted by molar-refractivity contribution is 5.61. The molecule has 0 amide bonds. The van der Waals surface area contributed by atoms with Gasteiger partial charge < -0.3 is 14.9 Å². The molecule has 1 aromatic heterocycles. The van der Waals surface area contributed by atoms with Crippen LogP contribution in [0.25, 0.3) is 0 Å². The van der Waals surface area contributed by atoms with E-state index in [2.05, 4.69) is 15.4 Å². The van der Waals surface area contributed by atoms with Crippen molar-refractivity contribution < 1.29 is 14.4 Å². The molecule has 0 saturated heterocycles. The molecule has 0 aliphatic carbocycles. The third-order valence-corrected chi connectivity index (χ3v) is 2.46. The number of hydrogen-bond acceptors (Lipinski definition) is 8. The highest BCUT2D eigenvalue weighted by Crippen LogP contribution is 2.37. The van der Waals surface area contributed by atoms with E-state index in [4.69, 9.17) is 15.3 Å². The average Bonchev–Trinajstić information content (AvgIpc) is 2.49. The molecule has 0 spiro atoms. The van der Waals surface area contributed by atoms with Crippen molar-refractivity contribution in [2.24, 2.45) is 5.84 Å². The van der Waals surface area contributed by atoms with E-state index in [1.165, 1.54) is 0 Å². The Morgan fingerprint density at radius 3 is 2.67 bits per heavy atom. The maximum Gasteiger partial charge on any atom is 0.374 e. The minimum absolute atomic E-state index is 0.140. The lowest BCUT2D eigenvalue weighted by molar-refractivity contribution is -0.385. The van der Waals surface area contributed by atoms with E-state index in [-0.39, 0.29) is 11.7 Å². The summed E-state index contributed by atoms with van der Waals surface area (Å²) < 4.78 is 10.9. The van der Waals surface area contributed by atoms with Crippen molar-refractivity contribution in [3.05, 3.63) is 40.7 Å². The molecule has 0 bridgehead atoms. The van der Waals surface area contributed by atoms with Gasteiger partial charge in [-0.15, -0.1) is 0 Å². The number of para-hydroxylation sites is 2. The monoisotopic (exact) mass is 291 g/mol. The van der Waals surface area contributed by atoms with E-state index in [9.17, 15) is 10.1 Å². The largest absolute Gasteiger partial charge is 0.490 e. The maximum absolute atomic E-state index is 11.1. The Morgan fingerprint density at radius 1 is 1.33 bits per heavy atom. The number of nitro groups is 1. The molecule has 0 aliphatic rings. The fourth-order valence-corrected chi connectivity index (χ4v) is 1.62. The first-order valence-electron chi connectivity index (χ1n) is 6.03. The molecule has 0 saturated carbocycles. The topological polar surface area (TPSA) is 125 Å². The Balaban J connectivity index is 2.42. The van der Waals surface area contributed by atoms with Crippen LogP contribution in [0, 0.1) is 10.1 Å². The summed E-state index contributed by atoms with van der Waals surface area (Å²) in [7, 11) is 0. The summed E-state index contributed by atoms with van der Waals surface area (Å²) in [6.45, 7) is 2.25. The molecule has 9 nitrogen and oxygen atoms in total. The van der Waals surface area contributed by atoms with Gasteiger partial charge in [-0.2, -0.15) is 4.98 Å². The van der Waals surface area contributed by atoms with E-state index in [1.54, 1.807) is 24.3 Å². The molecule has 1 heterocycles. The van der Waals surface area contributed by atoms with Gasteiger partial charge >= 0.3 is 11.6 Å². The van der Waals surface area contributed by atoms with Gasteiger partial charge in [0.25, 0.3) is 0 Å². The Bertz CT molecular complexity index is 649. The van der Waals surface area contributed by atoms with Gasteiger partial charge in [0.2, 0.25) is 5.82 Å².